The number of anilines is 1. The Balaban J connectivity index is 2.02. The summed E-state index contributed by atoms with van der Waals surface area (Å²) >= 11 is 3.13. The molecule has 15 heavy (non-hydrogen) atoms. The highest BCUT2D eigenvalue weighted by Crippen LogP contribution is 2.24. The van der Waals surface area contributed by atoms with E-state index in [1.807, 2.05) is 6.07 Å². The zero-order valence-corrected chi connectivity index (χ0v) is 9.93. The van der Waals surface area contributed by atoms with E-state index in [-0.39, 0.29) is 5.82 Å². The molecule has 2 unspecified atom stereocenters. The highest BCUT2D eigenvalue weighted by molar-refractivity contribution is 9.10. The molecule has 0 heterocycles. The van der Waals surface area contributed by atoms with E-state index in [1.165, 1.54) is 6.07 Å². The van der Waals surface area contributed by atoms with Crippen LogP contribution in [0.4, 0.5) is 10.1 Å². The summed E-state index contributed by atoms with van der Waals surface area (Å²) in [4.78, 5) is 0. The molecule has 2 nitrogen and oxygen atoms in total. The molecule has 1 saturated carbocycles. The summed E-state index contributed by atoms with van der Waals surface area (Å²) in [6.07, 6.45) is 3.09. The van der Waals surface area contributed by atoms with Crippen molar-refractivity contribution >= 4 is 21.6 Å². The monoisotopic (exact) mass is 272 g/mol. The van der Waals surface area contributed by atoms with Gasteiger partial charge in [-0.05, 0) is 53.4 Å². The van der Waals surface area contributed by atoms with E-state index in [0.717, 1.165) is 24.9 Å². The van der Waals surface area contributed by atoms with Crippen molar-refractivity contribution in [2.45, 2.75) is 31.3 Å². The third-order valence-corrected chi connectivity index (χ3v) is 3.41. The maximum Gasteiger partial charge on any atom is 0.139 e. The number of hydrogen-bond donors (Lipinski definition) is 2. The first-order valence-corrected chi connectivity index (χ1v) is 5.91. The fraction of sp³-hybridized carbons (Fsp3) is 0.455. The van der Waals surface area contributed by atoms with Gasteiger partial charge in [-0.3, -0.25) is 0 Å². The van der Waals surface area contributed by atoms with Crippen LogP contribution in [0.5, 0.6) is 0 Å². The second kappa shape index (κ2) is 4.49. The van der Waals surface area contributed by atoms with Crippen LogP contribution in [0.1, 0.15) is 19.3 Å². The third kappa shape index (κ3) is 2.69. The highest BCUT2D eigenvalue weighted by atomic mass is 79.9. The van der Waals surface area contributed by atoms with E-state index in [0.29, 0.717) is 16.6 Å². The number of nitrogens with two attached hydrogens (primary N) is 1. The Morgan fingerprint density at radius 3 is 2.80 bits per heavy atom. The van der Waals surface area contributed by atoms with Gasteiger partial charge in [0.2, 0.25) is 0 Å². The van der Waals surface area contributed by atoms with Gasteiger partial charge in [-0.15, -0.1) is 0 Å². The van der Waals surface area contributed by atoms with Crippen LogP contribution >= 0.6 is 15.9 Å². The van der Waals surface area contributed by atoms with Crippen LogP contribution in [0.3, 0.4) is 0 Å². The van der Waals surface area contributed by atoms with Crippen LogP contribution in [0, 0.1) is 5.82 Å². The van der Waals surface area contributed by atoms with Crippen LogP contribution in [0.15, 0.2) is 22.7 Å². The van der Waals surface area contributed by atoms with E-state index in [9.17, 15) is 4.39 Å². The third-order valence-electron chi connectivity index (χ3n) is 2.76. The van der Waals surface area contributed by atoms with Crippen LogP contribution in [0.25, 0.3) is 0 Å². The van der Waals surface area contributed by atoms with E-state index < -0.39 is 0 Å². The lowest BCUT2D eigenvalue weighted by molar-refractivity contribution is 0.620. The maximum absolute atomic E-state index is 13.2. The van der Waals surface area contributed by atoms with Crippen LogP contribution in [-0.4, -0.2) is 12.1 Å². The number of nitrogens with one attached hydrogen (secondary N) is 1. The lowest BCUT2D eigenvalue weighted by Gasteiger charge is -2.14. The Morgan fingerprint density at radius 2 is 2.20 bits per heavy atom. The van der Waals surface area contributed by atoms with Gasteiger partial charge >= 0.3 is 0 Å². The van der Waals surface area contributed by atoms with Crippen molar-refractivity contribution in [3.63, 3.8) is 0 Å². The molecule has 1 aliphatic rings. The van der Waals surface area contributed by atoms with Gasteiger partial charge in [-0.25, -0.2) is 4.39 Å². The lowest BCUT2D eigenvalue weighted by Crippen LogP contribution is -2.20. The van der Waals surface area contributed by atoms with Gasteiger partial charge in [-0.2, -0.15) is 0 Å². The van der Waals surface area contributed by atoms with Crippen molar-refractivity contribution in [2.75, 3.05) is 5.32 Å². The van der Waals surface area contributed by atoms with Crippen molar-refractivity contribution in [1.82, 2.24) is 0 Å². The molecule has 1 aromatic carbocycles. The van der Waals surface area contributed by atoms with E-state index >= 15 is 0 Å². The van der Waals surface area contributed by atoms with Crippen molar-refractivity contribution < 1.29 is 4.39 Å². The molecule has 1 aromatic rings. The highest BCUT2D eigenvalue weighted by Gasteiger charge is 2.21. The lowest BCUT2D eigenvalue weighted by atomic mass is 10.2. The molecule has 0 saturated heterocycles. The average molecular weight is 273 g/mol. The normalized spacial score (nSPS) is 25.5. The molecule has 4 heteroatoms. The fourth-order valence-corrected chi connectivity index (χ4v) is 2.22. The predicted molar refractivity (Wildman–Crippen MR) is 63.3 cm³/mol. The number of rotatable bonds is 2. The summed E-state index contributed by atoms with van der Waals surface area (Å²) in [5.74, 6) is -0.234. The molecule has 0 spiro atoms. The van der Waals surface area contributed by atoms with Gasteiger partial charge in [0.1, 0.15) is 5.82 Å². The summed E-state index contributed by atoms with van der Waals surface area (Å²) < 4.78 is 13.7. The SMILES string of the molecule is NC1CCC(Nc2ccc(Br)c(F)c2)C1. The molecule has 3 N–H and O–H groups in total. The number of halogens is 2. The standard InChI is InChI=1S/C11H14BrFN2/c12-10-4-3-9(6-11(10)13)15-8-2-1-7(14)5-8/h3-4,6-8,15H,1-2,5,14H2. The molecular weight excluding hydrogens is 259 g/mol. The molecule has 0 bridgehead atoms. The molecule has 1 aliphatic carbocycles. The van der Waals surface area contributed by atoms with Gasteiger partial charge in [-0.1, -0.05) is 0 Å². The smallest absolute Gasteiger partial charge is 0.139 e. The molecule has 1 fully saturated rings. The Morgan fingerprint density at radius 1 is 1.40 bits per heavy atom. The Kier molecular flexibility index (Phi) is 3.26. The van der Waals surface area contributed by atoms with E-state index in [2.05, 4.69) is 21.2 Å². The Bertz CT molecular complexity index is 356. The Labute approximate surface area is 97.2 Å². The van der Waals surface area contributed by atoms with Crippen LogP contribution < -0.4 is 11.1 Å². The van der Waals surface area contributed by atoms with Gasteiger partial charge in [0, 0.05) is 17.8 Å². The summed E-state index contributed by atoms with van der Waals surface area (Å²) in [7, 11) is 0. The molecule has 0 aromatic heterocycles. The summed E-state index contributed by atoms with van der Waals surface area (Å²) in [5, 5.41) is 3.30. The molecule has 82 valence electrons. The summed E-state index contributed by atoms with van der Waals surface area (Å²) in [6.45, 7) is 0. The van der Waals surface area contributed by atoms with Crippen molar-refractivity contribution in [2.24, 2.45) is 5.73 Å². The first kappa shape index (κ1) is 10.9. The van der Waals surface area contributed by atoms with Crippen molar-refractivity contribution in [1.29, 1.82) is 0 Å². The van der Waals surface area contributed by atoms with Gasteiger partial charge in [0.15, 0.2) is 0 Å². The van der Waals surface area contributed by atoms with Gasteiger partial charge in [0.05, 0.1) is 4.47 Å². The second-order valence-corrected chi connectivity index (χ2v) is 4.90. The maximum atomic E-state index is 13.2. The van der Waals surface area contributed by atoms with Gasteiger partial charge in [0.25, 0.3) is 0 Å². The summed E-state index contributed by atoms with van der Waals surface area (Å²) in [6, 6.07) is 5.78. The van der Waals surface area contributed by atoms with Gasteiger partial charge < -0.3 is 11.1 Å². The zero-order chi connectivity index (χ0) is 10.8. The minimum Gasteiger partial charge on any atom is -0.382 e. The van der Waals surface area contributed by atoms with Crippen LogP contribution in [0.2, 0.25) is 0 Å². The molecule has 2 atom stereocenters. The largest absolute Gasteiger partial charge is 0.382 e. The predicted octanol–water partition coefficient (Wildman–Crippen LogP) is 2.88. The number of hydrogen-bond acceptors (Lipinski definition) is 2. The fourth-order valence-electron chi connectivity index (χ4n) is 1.97. The Hall–Kier alpha value is -0.610. The average Bonchev–Trinajstić information content (AvgIpc) is 2.58. The van der Waals surface area contributed by atoms with E-state index in [1.54, 1.807) is 6.07 Å². The zero-order valence-electron chi connectivity index (χ0n) is 8.34. The summed E-state index contributed by atoms with van der Waals surface area (Å²) in [5.41, 5.74) is 6.64. The van der Waals surface area contributed by atoms with Crippen LogP contribution in [-0.2, 0) is 0 Å². The number of benzene rings is 1. The van der Waals surface area contributed by atoms with Crippen molar-refractivity contribution in [3.8, 4) is 0 Å². The minimum absolute atomic E-state index is 0.234. The molecule has 0 radical (unpaired) electrons. The first-order valence-electron chi connectivity index (χ1n) is 5.12. The minimum atomic E-state index is -0.234. The van der Waals surface area contributed by atoms with E-state index in [4.69, 9.17) is 5.73 Å². The molecule has 0 aliphatic heterocycles. The quantitative estimate of drug-likeness (QED) is 0.869. The first-order chi connectivity index (χ1) is 7.15. The second-order valence-electron chi connectivity index (χ2n) is 4.04. The van der Waals surface area contributed by atoms with Crippen molar-refractivity contribution in [3.05, 3.63) is 28.5 Å². The molecular formula is C11H14BrFN2. The molecule has 0 amide bonds. The molecule has 2 rings (SSSR count). The topological polar surface area (TPSA) is 38.0 Å².